The summed E-state index contributed by atoms with van der Waals surface area (Å²) < 4.78 is 27.4. The number of sulfonamides is 1. The van der Waals surface area contributed by atoms with Crippen LogP contribution in [0.5, 0.6) is 0 Å². The first-order chi connectivity index (χ1) is 11.7. The van der Waals surface area contributed by atoms with Crippen molar-refractivity contribution in [1.29, 1.82) is 0 Å². The number of carbonyl (C=O) groups excluding carboxylic acids is 2. The van der Waals surface area contributed by atoms with E-state index >= 15 is 0 Å². The lowest BCUT2D eigenvalue weighted by molar-refractivity contribution is -0.123. The Hall–Kier alpha value is -2.49. The zero-order chi connectivity index (χ0) is 18.6. The monoisotopic (exact) mass is 383 g/mol. The summed E-state index contributed by atoms with van der Waals surface area (Å²) in [7, 11) is -3.85. The van der Waals surface area contributed by atoms with Gasteiger partial charge in [-0.3, -0.25) is 4.79 Å². The summed E-state index contributed by atoms with van der Waals surface area (Å²) in [6, 6.07) is 7.89. The molecule has 0 radical (unpaired) electrons. The highest BCUT2D eigenvalue weighted by molar-refractivity contribution is 7.89. The fourth-order valence-electron chi connectivity index (χ4n) is 1.74. The number of rotatable bonds is 5. The van der Waals surface area contributed by atoms with Crippen LogP contribution in [-0.4, -0.2) is 31.4 Å². The predicted molar refractivity (Wildman–Crippen MR) is 90.6 cm³/mol. The number of anilines is 1. The highest BCUT2D eigenvalue weighted by Crippen LogP contribution is 2.12. The van der Waals surface area contributed by atoms with E-state index in [0.717, 1.165) is 0 Å². The number of hydrogen-bond donors (Lipinski definition) is 2. The van der Waals surface area contributed by atoms with Gasteiger partial charge in [0.15, 0.2) is 6.10 Å². The number of halogens is 1. The van der Waals surface area contributed by atoms with Gasteiger partial charge in [0, 0.05) is 6.20 Å². The summed E-state index contributed by atoms with van der Waals surface area (Å²) in [5.74, 6) is -1.10. The molecule has 2 aromatic rings. The van der Waals surface area contributed by atoms with Gasteiger partial charge in [-0.05, 0) is 43.3 Å². The Morgan fingerprint density at radius 2 is 1.84 bits per heavy atom. The topological polar surface area (TPSA) is 128 Å². The normalized spacial score (nSPS) is 12.3. The van der Waals surface area contributed by atoms with Gasteiger partial charge in [-0.2, -0.15) is 0 Å². The molecule has 0 bridgehead atoms. The number of benzene rings is 1. The van der Waals surface area contributed by atoms with Crippen molar-refractivity contribution in [1.82, 2.24) is 4.98 Å². The third-order valence-electron chi connectivity index (χ3n) is 3.05. The fraction of sp³-hybridized carbons (Fsp3) is 0.133. The zero-order valence-corrected chi connectivity index (χ0v) is 14.5. The van der Waals surface area contributed by atoms with Crippen molar-refractivity contribution < 1.29 is 22.7 Å². The van der Waals surface area contributed by atoms with E-state index in [2.05, 4.69) is 10.3 Å². The number of ether oxygens (including phenoxy) is 1. The van der Waals surface area contributed by atoms with Crippen LogP contribution in [0, 0.1) is 0 Å². The molecule has 0 fully saturated rings. The molecule has 10 heteroatoms. The van der Waals surface area contributed by atoms with Crippen LogP contribution >= 0.6 is 11.6 Å². The van der Waals surface area contributed by atoms with E-state index in [9.17, 15) is 18.0 Å². The lowest BCUT2D eigenvalue weighted by Crippen LogP contribution is -2.30. The third-order valence-corrected chi connectivity index (χ3v) is 4.20. The summed E-state index contributed by atoms with van der Waals surface area (Å²) in [6.07, 6.45) is 0.267. The molecule has 0 saturated carbocycles. The Balaban J connectivity index is 1.99. The Kier molecular flexibility index (Phi) is 5.73. The van der Waals surface area contributed by atoms with Crippen LogP contribution in [0.15, 0.2) is 47.5 Å². The van der Waals surface area contributed by atoms with Gasteiger partial charge in [-0.15, -0.1) is 0 Å². The van der Waals surface area contributed by atoms with Crippen molar-refractivity contribution in [2.45, 2.75) is 17.9 Å². The van der Waals surface area contributed by atoms with E-state index < -0.39 is 28.0 Å². The molecule has 25 heavy (non-hydrogen) atoms. The van der Waals surface area contributed by atoms with Crippen LogP contribution in [0.25, 0.3) is 0 Å². The highest BCUT2D eigenvalue weighted by Gasteiger charge is 2.20. The van der Waals surface area contributed by atoms with Crippen LogP contribution in [0.1, 0.15) is 17.3 Å². The number of nitrogens with zero attached hydrogens (tertiary/aromatic N) is 1. The Morgan fingerprint density at radius 3 is 2.36 bits per heavy atom. The zero-order valence-electron chi connectivity index (χ0n) is 13.0. The number of primary sulfonamides is 1. The molecule has 1 aromatic carbocycles. The number of nitrogens with two attached hydrogens (primary N) is 1. The van der Waals surface area contributed by atoms with Gasteiger partial charge in [-0.25, -0.2) is 23.3 Å². The van der Waals surface area contributed by atoms with Crippen molar-refractivity contribution in [3.63, 3.8) is 0 Å². The van der Waals surface area contributed by atoms with Crippen molar-refractivity contribution in [2.75, 3.05) is 5.32 Å². The lowest BCUT2D eigenvalue weighted by atomic mass is 10.2. The highest BCUT2D eigenvalue weighted by atomic mass is 35.5. The maximum Gasteiger partial charge on any atom is 0.338 e. The average Bonchev–Trinajstić information content (AvgIpc) is 2.56. The minimum atomic E-state index is -3.85. The standard InChI is InChI=1S/C15H14ClN3O5S/c1-9(14(20)19-13-7-4-11(16)8-18-13)24-15(21)10-2-5-12(6-3-10)25(17,22)23/h2-9H,1H3,(H2,17,22,23)(H,18,19,20)/t9-/m0/s1. The summed E-state index contributed by atoms with van der Waals surface area (Å²) >= 11 is 5.70. The van der Waals surface area contributed by atoms with E-state index in [0.29, 0.717) is 5.02 Å². The lowest BCUT2D eigenvalue weighted by Gasteiger charge is -2.13. The smallest absolute Gasteiger partial charge is 0.338 e. The van der Waals surface area contributed by atoms with Gasteiger partial charge in [0.05, 0.1) is 15.5 Å². The summed E-state index contributed by atoms with van der Waals surface area (Å²) in [4.78, 5) is 27.8. The quantitative estimate of drug-likeness (QED) is 0.754. The van der Waals surface area contributed by atoms with E-state index in [1.807, 2.05) is 0 Å². The molecule has 0 aliphatic carbocycles. The first kappa shape index (κ1) is 18.8. The van der Waals surface area contributed by atoms with Gasteiger partial charge < -0.3 is 10.1 Å². The number of pyridine rings is 1. The predicted octanol–water partition coefficient (Wildman–Crippen LogP) is 1.57. The molecule has 0 unspecified atom stereocenters. The Bertz CT molecular complexity index is 882. The minimum Gasteiger partial charge on any atom is -0.449 e. The third kappa shape index (κ3) is 5.24. The Labute approximate surface area is 149 Å². The molecule has 0 aliphatic rings. The van der Waals surface area contributed by atoms with Crippen LogP contribution in [0.2, 0.25) is 5.02 Å². The SMILES string of the molecule is C[C@H](OC(=O)c1ccc(S(N)(=O)=O)cc1)C(=O)Nc1ccc(Cl)cn1. The molecule has 2 rings (SSSR count). The maximum absolute atomic E-state index is 12.0. The second kappa shape index (κ2) is 7.60. The number of esters is 1. The van der Waals surface area contributed by atoms with Crippen LogP contribution in [-0.2, 0) is 19.6 Å². The van der Waals surface area contributed by atoms with Crippen LogP contribution in [0.4, 0.5) is 5.82 Å². The number of hydrogen-bond acceptors (Lipinski definition) is 6. The summed E-state index contributed by atoms with van der Waals surface area (Å²) in [5, 5.41) is 7.86. The second-order valence-electron chi connectivity index (χ2n) is 4.97. The van der Waals surface area contributed by atoms with E-state index in [1.54, 1.807) is 6.07 Å². The van der Waals surface area contributed by atoms with Crippen molar-refractivity contribution in [3.05, 3.63) is 53.2 Å². The number of amides is 1. The molecule has 0 aliphatic heterocycles. The molecule has 1 aromatic heterocycles. The molecule has 1 amide bonds. The van der Waals surface area contributed by atoms with Gasteiger partial charge in [0.1, 0.15) is 5.82 Å². The van der Waals surface area contributed by atoms with E-state index in [-0.39, 0.29) is 16.3 Å². The maximum atomic E-state index is 12.0. The van der Waals surface area contributed by atoms with E-state index in [1.165, 1.54) is 43.5 Å². The van der Waals surface area contributed by atoms with Gasteiger partial charge in [0.2, 0.25) is 10.0 Å². The molecule has 8 nitrogen and oxygen atoms in total. The molecule has 0 saturated heterocycles. The molecule has 0 spiro atoms. The van der Waals surface area contributed by atoms with Gasteiger partial charge in [-0.1, -0.05) is 11.6 Å². The van der Waals surface area contributed by atoms with Gasteiger partial charge >= 0.3 is 5.97 Å². The average molecular weight is 384 g/mol. The molecular formula is C15H14ClN3O5S. The van der Waals surface area contributed by atoms with Crippen molar-refractivity contribution >= 4 is 39.3 Å². The number of aromatic nitrogens is 1. The molecule has 1 heterocycles. The second-order valence-corrected chi connectivity index (χ2v) is 6.97. The summed E-state index contributed by atoms with van der Waals surface area (Å²) in [5.41, 5.74) is 0.0802. The number of carbonyl (C=O) groups is 2. The van der Waals surface area contributed by atoms with E-state index in [4.69, 9.17) is 21.5 Å². The first-order valence-corrected chi connectivity index (χ1v) is 8.85. The Morgan fingerprint density at radius 1 is 1.20 bits per heavy atom. The molecule has 1 atom stereocenters. The first-order valence-electron chi connectivity index (χ1n) is 6.93. The largest absolute Gasteiger partial charge is 0.449 e. The molecule has 132 valence electrons. The minimum absolute atomic E-state index is 0.0802. The molecular weight excluding hydrogens is 370 g/mol. The van der Waals surface area contributed by atoms with Crippen LogP contribution < -0.4 is 10.5 Å². The van der Waals surface area contributed by atoms with Gasteiger partial charge in [0.25, 0.3) is 5.91 Å². The molecule has 3 N–H and O–H groups in total. The van der Waals surface area contributed by atoms with Crippen LogP contribution in [0.3, 0.4) is 0 Å². The van der Waals surface area contributed by atoms with Crippen molar-refractivity contribution in [2.24, 2.45) is 5.14 Å². The number of nitrogens with one attached hydrogen (secondary N) is 1. The summed E-state index contributed by atoms with van der Waals surface area (Å²) in [6.45, 7) is 1.39. The fourth-order valence-corrected chi connectivity index (χ4v) is 2.37. The van der Waals surface area contributed by atoms with Crippen molar-refractivity contribution in [3.8, 4) is 0 Å².